The van der Waals surface area contributed by atoms with E-state index >= 15 is 0 Å². The van der Waals surface area contributed by atoms with Crippen LogP contribution in [0, 0.1) is 11.7 Å². The molecule has 0 spiro atoms. The minimum Gasteiger partial charge on any atom is -0.497 e. The van der Waals surface area contributed by atoms with E-state index in [1.165, 1.54) is 18.6 Å². The molecule has 1 aliphatic carbocycles. The smallest absolute Gasteiger partial charge is 0.254 e. The highest BCUT2D eigenvalue weighted by Crippen LogP contribution is 2.27. The first-order chi connectivity index (χ1) is 16.0. The van der Waals surface area contributed by atoms with E-state index in [0.29, 0.717) is 25.4 Å². The van der Waals surface area contributed by atoms with Gasteiger partial charge in [0.25, 0.3) is 5.91 Å². The number of methoxy groups -OCH3 is 1. The minimum atomic E-state index is -0.736. The largest absolute Gasteiger partial charge is 0.497 e. The first-order valence-electron chi connectivity index (χ1n) is 11.4. The van der Waals surface area contributed by atoms with Crippen molar-refractivity contribution < 1.29 is 18.7 Å². The molecule has 1 fully saturated rings. The lowest BCUT2D eigenvalue weighted by Crippen LogP contribution is -2.48. The second kappa shape index (κ2) is 12.4. The number of carbonyl (C=O) groups is 2. The molecule has 33 heavy (non-hydrogen) atoms. The van der Waals surface area contributed by atoms with Crippen LogP contribution in [0.1, 0.15) is 48.9 Å². The summed E-state index contributed by atoms with van der Waals surface area (Å²) in [4.78, 5) is 25.7. The molecule has 3 rings (SSSR count). The molecule has 3 N–H and O–H groups in total. The number of rotatable bonds is 10. The SMILES string of the molecule is COc1ccc(NCCNC(=O)[C@H](CC2CCCCC2)NC(=O)c2cc(Cl)ccc2F)cc1. The monoisotopic (exact) mass is 475 g/mol. The van der Waals surface area contributed by atoms with Gasteiger partial charge in [0.1, 0.15) is 17.6 Å². The topological polar surface area (TPSA) is 79.5 Å². The Morgan fingerprint density at radius 1 is 1.09 bits per heavy atom. The predicted molar refractivity (Wildman–Crippen MR) is 128 cm³/mol. The quantitative estimate of drug-likeness (QED) is 0.432. The third-order valence-corrected chi connectivity index (χ3v) is 6.17. The van der Waals surface area contributed by atoms with E-state index in [4.69, 9.17) is 16.3 Å². The number of hydrogen-bond acceptors (Lipinski definition) is 4. The third kappa shape index (κ3) is 7.63. The maximum Gasteiger partial charge on any atom is 0.254 e. The molecule has 0 aliphatic heterocycles. The van der Waals surface area contributed by atoms with Gasteiger partial charge in [-0.25, -0.2) is 4.39 Å². The van der Waals surface area contributed by atoms with Crippen molar-refractivity contribution >= 4 is 29.1 Å². The maximum absolute atomic E-state index is 14.2. The van der Waals surface area contributed by atoms with Gasteiger partial charge in [0.2, 0.25) is 5.91 Å². The highest BCUT2D eigenvalue weighted by atomic mass is 35.5. The van der Waals surface area contributed by atoms with Gasteiger partial charge < -0.3 is 20.7 Å². The summed E-state index contributed by atoms with van der Waals surface area (Å²) >= 11 is 5.93. The van der Waals surface area contributed by atoms with Crippen LogP contribution in [0.4, 0.5) is 10.1 Å². The minimum absolute atomic E-state index is 0.162. The van der Waals surface area contributed by atoms with Crippen molar-refractivity contribution in [2.45, 2.75) is 44.6 Å². The van der Waals surface area contributed by atoms with Gasteiger partial charge in [-0.3, -0.25) is 9.59 Å². The summed E-state index contributed by atoms with van der Waals surface area (Å²) in [5.41, 5.74) is 0.749. The second-order valence-electron chi connectivity index (χ2n) is 8.34. The molecule has 0 bridgehead atoms. The van der Waals surface area contributed by atoms with Crippen LogP contribution in [0.5, 0.6) is 5.75 Å². The fourth-order valence-corrected chi connectivity index (χ4v) is 4.29. The average Bonchev–Trinajstić information content (AvgIpc) is 2.83. The van der Waals surface area contributed by atoms with Crippen LogP contribution >= 0.6 is 11.6 Å². The van der Waals surface area contributed by atoms with Crippen LogP contribution in [-0.2, 0) is 4.79 Å². The molecule has 8 heteroatoms. The zero-order valence-corrected chi connectivity index (χ0v) is 19.6. The van der Waals surface area contributed by atoms with Gasteiger partial charge in [-0.2, -0.15) is 0 Å². The summed E-state index contributed by atoms with van der Waals surface area (Å²) in [5.74, 6) is -0.449. The molecule has 1 saturated carbocycles. The first kappa shape index (κ1) is 24.8. The molecule has 178 valence electrons. The van der Waals surface area contributed by atoms with E-state index in [9.17, 15) is 14.0 Å². The van der Waals surface area contributed by atoms with Crippen molar-refractivity contribution in [1.29, 1.82) is 0 Å². The Morgan fingerprint density at radius 3 is 2.52 bits per heavy atom. The zero-order valence-electron chi connectivity index (χ0n) is 18.8. The molecule has 1 atom stereocenters. The van der Waals surface area contributed by atoms with Crippen molar-refractivity contribution in [3.05, 3.63) is 58.9 Å². The van der Waals surface area contributed by atoms with Crippen molar-refractivity contribution in [3.63, 3.8) is 0 Å². The van der Waals surface area contributed by atoms with E-state index in [2.05, 4.69) is 16.0 Å². The number of nitrogens with one attached hydrogen (secondary N) is 3. The first-order valence-corrected chi connectivity index (χ1v) is 11.8. The highest BCUT2D eigenvalue weighted by molar-refractivity contribution is 6.31. The van der Waals surface area contributed by atoms with Gasteiger partial charge in [-0.05, 0) is 54.8 Å². The van der Waals surface area contributed by atoms with Crippen LogP contribution in [0.25, 0.3) is 0 Å². The van der Waals surface area contributed by atoms with Gasteiger partial charge in [0.15, 0.2) is 0 Å². The van der Waals surface area contributed by atoms with E-state index < -0.39 is 17.8 Å². The zero-order chi connectivity index (χ0) is 23.6. The third-order valence-electron chi connectivity index (χ3n) is 5.93. The molecule has 6 nitrogen and oxygen atoms in total. The van der Waals surface area contributed by atoms with Gasteiger partial charge in [0, 0.05) is 23.8 Å². The maximum atomic E-state index is 14.2. The van der Waals surface area contributed by atoms with Gasteiger partial charge in [0.05, 0.1) is 12.7 Å². The summed E-state index contributed by atoms with van der Waals surface area (Å²) in [6.07, 6.45) is 6.05. The summed E-state index contributed by atoms with van der Waals surface area (Å²) in [6, 6.07) is 10.6. The molecule has 0 unspecified atom stereocenters. The van der Waals surface area contributed by atoms with E-state index in [0.717, 1.165) is 43.2 Å². The number of benzene rings is 2. The van der Waals surface area contributed by atoms with Crippen LogP contribution in [0.3, 0.4) is 0 Å². The Hall–Kier alpha value is -2.80. The molecule has 2 aromatic carbocycles. The van der Waals surface area contributed by atoms with Gasteiger partial charge >= 0.3 is 0 Å². The molecular weight excluding hydrogens is 445 g/mol. The molecule has 0 aromatic heterocycles. The summed E-state index contributed by atoms with van der Waals surface area (Å²) in [7, 11) is 1.61. The normalized spacial score (nSPS) is 14.9. The lowest BCUT2D eigenvalue weighted by molar-refractivity contribution is -0.123. The van der Waals surface area contributed by atoms with Crippen LogP contribution < -0.4 is 20.7 Å². The molecule has 0 radical (unpaired) electrons. The Morgan fingerprint density at radius 2 is 1.82 bits per heavy atom. The van der Waals surface area contributed by atoms with Gasteiger partial charge in [-0.1, -0.05) is 43.7 Å². The predicted octanol–water partition coefficient (Wildman–Crippen LogP) is 4.78. The molecule has 0 heterocycles. The van der Waals surface area contributed by atoms with Crippen molar-refractivity contribution in [3.8, 4) is 5.75 Å². The Kier molecular flexibility index (Phi) is 9.36. The number of ether oxygens (including phenoxy) is 1. The van der Waals surface area contributed by atoms with Crippen molar-refractivity contribution in [1.82, 2.24) is 10.6 Å². The number of hydrogen-bond donors (Lipinski definition) is 3. The molecule has 1 aliphatic rings. The number of halogens is 2. The summed E-state index contributed by atoms with van der Waals surface area (Å²) in [5, 5.41) is 9.12. The average molecular weight is 476 g/mol. The second-order valence-corrected chi connectivity index (χ2v) is 8.77. The van der Waals surface area contributed by atoms with Crippen LogP contribution in [0.15, 0.2) is 42.5 Å². The summed E-state index contributed by atoms with van der Waals surface area (Å²) in [6.45, 7) is 0.901. The Bertz CT molecular complexity index is 933. The summed E-state index contributed by atoms with van der Waals surface area (Å²) < 4.78 is 19.3. The van der Waals surface area contributed by atoms with Gasteiger partial charge in [-0.15, -0.1) is 0 Å². The molecule has 2 amide bonds. The lowest BCUT2D eigenvalue weighted by Gasteiger charge is -2.26. The molecular formula is C25H31ClFN3O3. The van der Waals surface area contributed by atoms with E-state index in [1.807, 2.05) is 24.3 Å². The van der Waals surface area contributed by atoms with Crippen LogP contribution in [-0.4, -0.2) is 38.1 Å². The lowest BCUT2D eigenvalue weighted by atomic mass is 9.84. The Balaban J connectivity index is 1.57. The van der Waals surface area contributed by atoms with Crippen molar-refractivity contribution in [2.24, 2.45) is 5.92 Å². The Labute approximate surface area is 199 Å². The number of carbonyl (C=O) groups excluding carboxylic acids is 2. The fraction of sp³-hybridized carbons (Fsp3) is 0.440. The van der Waals surface area contributed by atoms with Crippen LogP contribution in [0.2, 0.25) is 5.02 Å². The molecule has 2 aromatic rings. The van der Waals surface area contributed by atoms with E-state index in [-0.39, 0.29) is 16.5 Å². The van der Waals surface area contributed by atoms with E-state index in [1.54, 1.807) is 7.11 Å². The fourth-order valence-electron chi connectivity index (χ4n) is 4.12. The standard InChI is InChI=1S/C25H31ClFN3O3/c1-33-20-10-8-19(9-11-20)28-13-14-29-25(32)23(15-17-5-3-2-4-6-17)30-24(31)21-16-18(26)7-12-22(21)27/h7-12,16-17,23,28H,2-6,13-15H2,1H3,(H,29,32)(H,30,31)/t23-/m0/s1. The highest BCUT2D eigenvalue weighted by Gasteiger charge is 2.27. The molecule has 0 saturated heterocycles. The number of anilines is 1. The number of amides is 2. The van der Waals surface area contributed by atoms with Crippen molar-refractivity contribution in [2.75, 3.05) is 25.5 Å².